The van der Waals surface area contributed by atoms with Crippen LogP contribution in [0.3, 0.4) is 0 Å². The van der Waals surface area contributed by atoms with E-state index in [1.807, 2.05) is 0 Å². The summed E-state index contributed by atoms with van der Waals surface area (Å²) in [5.74, 6) is -0.630. The van der Waals surface area contributed by atoms with Gasteiger partial charge in [0.25, 0.3) is 11.6 Å². The van der Waals surface area contributed by atoms with Crippen LogP contribution in [-0.4, -0.2) is 35.7 Å². The lowest BCUT2D eigenvalue weighted by atomic mass is 10.3. The van der Waals surface area contributed by atoms with Gasteiger partial charge in [-0.1, -0.05) is 0 Å². The average molecular weight is 323 g/mol. The molecule has 23 heavy (non-hydrogen) atoms. The predicted molar refractivity (Wildman–Crippen MR) is 81.1 cm³/mol. The number of hydrazone groups is 1. The number of amides is 1. The topological polar surface area (TPSA) is 120 Å². The van der Waals surface area contributed by atoms with E-state index in [0.29, 0.717) is 11.5 Å². The Morgan fingerprint density at radius 1 is 1.30 bits per heavy atom. The Hall–Kier alpha value is -2.97. The van der Waals surface area contributed by atoms with Crippen LogP contribution in [0.4, 0.5) is 5.69 Å². The van der Waals surface area contributed by atoms with Gasteiger partial charge in [-0.15, -0.1) is 0 Å². The van der Waals surface area contributed by atoms with Crippen molar-refractivity contribution in [2.45, 2.75) is 20.3 Å². The number of nitro benzene ring substituents is 1. The molecule has 1 aromatic rings. The summed E-state index contributed by atoms with van der Waals surface area (Å²) < 4.78 is 9.90. The molecule has 0 heterocycles. The molecule has 1 aromatic carbocycles. The molecule has 0 spiro atoms. The molecular formula is C14H17N3O6. The zero-order valence-electron chi connectivity index (χ0n) is 12.8. The van der Waals surface area contributed by atoms with Crippen LogP contribution in [0.5, 0.6) is 5.75 Å². The highest BCUT2D eigenvalue weighted by Gasteiger charge is 2.07. The minimum Gasteiger partial charge on any atom is -0.484 e. The van der Waals surface area contributed by atoms with E-state index < -0.39 is 16.8 Å². The standard InChI is InChI=1S/C14H17N3O6/c1-3-22-14(19)8-10(2)15-16-13(18)9-23-12-6-4-11(5-7-12)17(20)21/h4-7H,3,8-9H2,1-2H3,(H,16,18)/b15-10-. The first-order chi connectivity index (χ1) is 10.9. The third-order valence-electron chi connectivity index (χ3n) is 2.49. The Kier molecular flexibility index (Phi) is 7.18. The largest absolute Gasteiger partial charge is 0.484 e. The van der Waals surface area contributed by atoms with Crippen molar-refractivity contribution in [2.24, 2.45) is 5.10 Å². The molecule has 0 radical (unpaired) electrons. The van der Waals surface area contributed by atoms with E-state index in [-0.39, 0.29) is 25.3 Å². The van der Waals surface area contributed by atoms with Gasteiger partial charge >= 0.3 is 5.97 Å². The van der Waals surface area contributed by atoms with Gasteiger partial charge in [0.15, 0.2) is 6.61 Å². The molecule has 1 N–H and O–H groups in total. The van der Waals surface area contributed by atoms with Crippen LogP contribution in [0.25, 0.3) is 0 Å². The Balaban J connectivity index is 2.39. The number of nitro groups is 1. The fraction of sp³-hybridized carbons (Fsp3) is 0.357. The zero-order valence-corrected chi connectivity index (χ0v) is 12.8. The van der Waals surface area contributed by atoms with Crippen LogP contribution in [0.15, 0.2) is 29.4 Å². The summed E-state index contributed by atoms with van der Waals surface area (Å²) >= 11 is 0. The molecule has 9 heteroatoms. The van der Waals surface area contributed by atoms with E-state index in [2.05, 4.69) is 10.5 Å². The summed E-state index contributed by atoms with van der Waals surface area (Å²) in [5.41, 5.74) is 2.56. The molecular weight excluding hydrogens is 306 g/mol. The van der Waals surface area contributed by atoms with Gasteiger partial charge in [-0.05, 0) is 26.0 Å². The number of hydrogen-bond acceptors (Lipinski definition) is 7. The van der Waals surface area contributed by atoms with Crippen molar-refractivity contribution in [1.29, 1.82) is 0 Å². The monoisotopic (exact) mass is 323 g/mol. The minimum absolute atomic E-state index is 0.0165. The molecule has 0 fully saturated rings. The van der Waals surface area contributed by atoms with Crippen LogP contribution in [-0.2, 0) is 14.3 Å². The van der Waals surface area contributed by atoms with E-state index >= 15 is 0 Å². The summed E-state index contributed by atoms with van der Waals surface area (Å²) in [5, 5.41) is 14.2. The quantitative estimate of drug-likeness (QED) is 0.334. The first kappa shape index (κ1) is 18.1. The Morgan fingerprint density at radius 2 is 1.96 bits per heavy atom. The van der Waals surface area contributed by atoms with E-state index in [0.717, 1.165) is 0 Å². The number of esters is 1. The van der Waals surface area contributed by atoms with Gasteiger partial charge in [-0.2, -0.15) is 5.10 Å². The van der Waals surface area contributed by atoms with Gasteiger partial charge in [-0.3, -0.25) is 19.7 Å². The lowest BCUT2D eigenvalue weighted by molar-refractivity contribution is -0.384. The number of benzene rings is 1. The smallest absolute Gasteiger partial charge is 0.311 e. The van der Waals surface area contributed by atoms with Crippen LogP contribution in [0.2, 0.25) is 0 Å². The number of nitrogens with zero attached hydrogens (tertiary/aromatic N) is 2. The van der Waals surface area contributed by atoms with Crippen molar-refractivity contribution in [3.05, 3.63) is 34.4 Å². The molecule has 0 aliphatic heterocycles. The number of hydrogen-bond donors (Lipinski definition) is 1. The van der Waals surface area contributed by atoms with Gasteiger partial charge in [0.1, 0.15) is 5.75 Å². The molecule has 9 nitrogen and oxygen atoms in total. The molecule has 1 rings (SSSR count). The number of nitrogens with one attached hydrogen (secondary N) is 1. The second-order valence-corrected chi connectivity index (χ2v) is 4.40. The van der Waals surface area contributed by atoms with Crippen LogP contribution in [0.1, 0.15) is 20.3 Å². The van der Waals surface area contributed by atoms with Crippen molar-refractivity contribution >= 4 is 23.3 Å². The predicted octanol–water partition coefficient (Wildman–Crippen LogP) is 1.42. The van der Waals surface area contributed by atoms with Crippen molar-refractivity contribution in [3.63, 3.8) is 0 Å². The zero-order chi connectivity index (χ0) is 17.2. The van der Waals surface area contributed by atoms with Crippen molar-refractivity contribution in [1.82, 2.24) is 5.43 Å². The van der Waals surface area contributed by atoms with Gasteiger partial charge < -0.3 is 9.47 Å². The molecule has 0 bridgehead atoms. The van der Waals surface area contributed by atoms with Gasteiger partial charge in [0, 0.05) is 17.8 Å². The van der Waals surface area contributed by atoms with E-state index in [1.165, 1.54) is 24.3 Å². The van der Waals surface area contributed by atoms with Crippen LogP contribution >= 0.6 is 0 Å². The molecule has 124 valence electrons. The summed E-state index contributed by atoms with van der Waals surface area (Å²) in [7, 11) is 0. The van der Waals surface area contributed by atoms with Crippen molar-refractivity contribution in [2.75, 3.05) is 13.2 Å². The molecule has 0 unspecified atom stereocenters. The molecule has 1 amide bonds. The number of carbonyl (C=O) groups excluding carboxylic acids is 2. The first-order valence-corrected chi connectivity index (χ1v) is 6.77. The first-order valence-electron chi connectivity index (χ1n) is 6.77. The lowest BCUT2D eigenvalue weighted by Crippen LogP contribution is -2.26. The Bertz CT molecular complexity index is 597. The van der Waals surface area contributed by atoms with E-state index in [1.54, 1.807) is 13.8 Å². The number of rotatable bonds is 8. The number of carbonyl (C=O) groups is 2. The fourth-order valence-electron chi connectivity index (χ4n) is 1.46. The van der Waals surface area contributed by atoms with Crippen molar-refractivity contribution < 1.29 is 24.0 Å². The van der Waals surface area contributed by atoms with Gasteiger partial charge in [-0.25, -0.2) is 5.43 Å². The highest BCUT2D eigenvalue weighted by atomic mass is 16.6. The average Bonchev–Trinajstić information content (AvgIpc) is 2.51. The molecule has 0 saturated heterocycles. The van der Waals surface area contributed by atoms with Gasteiger partial charge in [0.05, 0.1) is 18.0 Å². The maximum Gasteiger partial charge on any atom is 0.311 e. The SMILES string of the molecule is CCOC(=O)C/C(C)=N\NC(=O)COc1ccc([N+](=O)[O-])cc1. The molecule has 0 aliphatic rings. The molecule has 0 saturated carbocycles. The second-order valence-electron chi connectivity index (χ2n) is 4.40. The molecule has 0 aliphatic carbocycles. The normalized spacial score (nSPS) is 10.8. The third kappa shape index (κ3) is 7.02. The van der Waals surface area contributed by atoms with Crippen LogP contribution in [0, 0.1) is 10.1 Å². The summed E-state index contributed by atoms with van der Waals surface area (Å²) in [6.07, 6.45) is -0.0165. The third-order valence-corrected chi connectivity index (χ3v) is 2.49. The summed E-state index contributed by atoms with van der Waals surface area (Å²) in [6, 6.07) is 5.32. The van der Waals surface area contributed by atoms with Crippen molar-refractivity contribution in [3.8, 4) is 5.75 Å². The minimum atomic E-state index is -0.530. The number of non-ortho nitro benzene ring substituents is 1. The van der Waals surface area contributed by atoms with E-state index in [9.17, 15) is 19.7 Å². The molecule has 0 atom stereocenters. The lowest BCUT2D eigenvalue weighted by Gasteiger charge is -2.05. The highest BCUT2D eigenvalue weighted by Crippen LogP contribution is 2.16. The second kappa shape index (κ2) is 9.13. The van der Waals surface area contributed by atoms with Crippen LogP contribution < -0.4 is 10.2 Å². The maximum atomic E-state index is 11.5. The summed E-state index contributed by atoms with van der Waals surface area (Å²) in [4.78, 5) is 32.7. The Morgan fingerprint density at radius 3 is 2.52 bits per heavy atom. The Labute approximate surface area is 132 Å². The van der Waals surface area contributed by atoms with Gasteiger partial charge in [0.2, 0.25) is 0 Å². The summed E-state index contributed by atoms with van der Waals surface area (Å²) in [6.45, 7) is 3.24. The maximum absolute atomic E-state index is 11.5. The molecule has 0 aromatic heterocycles. The highest BCUT2D eigenvalue weighted by molar-refractivity contribution is 5.98. The fourth-order valence-corrected chi connectivity index (χ4v) is 1.46. The number of ether oxygens (including phenoxy) is 2. The van der Waals surface area contributed by atoms with E-state index in [4.69, 9.17) is 9.47 Å².